The summed E-state index contributed by atoms with van der Waals surface area (Å²) in [5, 5.41) is 17.0. The molecule has 3 nitrogen and oxygen atoms in total. The van der Waals surface area contributed by atoms with E-state index in [-0.39, 0.29) is 13.3 Å². The summed E-state index contributed by atoms with van der Waals surface area (Å²) in [6.45, 7) is 0.824. The number of aliphatic hydroxyl groups is 2. The second-order valence-electron chi connectivity index (χ2n) is 2.52. The van der Waals surface area contributed by atoms with Gasteiger partial charge < -0.3 is 14.7 Å². The van der Waals surface area contributed by atoms with Crippen LogP contribution in [0.25, 0.3) is 0 Å². The SMILES string of the molecule is C[N+](C)(CO)CCO. The maximum Gasteiger partial charge on any atom is 0.179 e. The second kappa shape index (κ2) is 3.02. The minimum Gasteiger partial charge on any atom is -0.391 e. The van der Waals surface area contributed by atoms with Gasteiger partial charge in [-0.05, 0) is 0 Å². The van der Waals surface area contributed by atoms with E-state index in [1.165, 1.54) is 0 Å². The first kappa shape index (κ1) is 7.88. The van der Waals surface area contributed by atoms with E-state index in [1.54, 1.807) is 0 Å². The van der Waals surface area contributed by atoms with Crippen molar-refractivity contribution in [3.05, 3.63) is 0 Å². The lowest BCUT2D eigenvalue weighted by Crippen LogP contribution is -2.42. The number of nitrogens with zero attached hydrogens (tertiary/aromatic N) is 1. The predicted molar refractivity (Wildman–Crippen MR) is 31.1 cm³/mol. The Hall–Kier alpha value is -0.120. The summed E-state index contributed by atoms with van der Waals surface area (Å²) in [6.07, 6.45) is 0. The molecule has 0 rings (SSSR count). The van der Waals surface area contributed by atoms with Crippen molar-refractivity contribution in [2.45, 2.75) is 0 Å². The van der Waals surface area contributed by atoms with Gasteiger partial charge in [-0.15, -0.1) is 0 Å². The van der Waals surface area contributed by atoms with Crippen molar-refractivity contribution >= 4 is 0 Å². The molecule has 50 valence electrons. The van der Waals surface area contributed by atoms with Crippen LogP contribution in [0.2, 0.25) is 0 Å². The van der Waals surface area contributed by atoms with Gasteiger partial charge in [-0.1, -0.05) is 0 Å². The summed E-state index contributed by atoms with van der Waals surface area (Å²) in [6, 6.07) is 0. The molecule has 0 saturated carbocycles. The molecule has 0 aliphatic carbocycles. The molecule has 0 heterocycles. The zero-order valence-electron chi connectivity index (χ0n) is 5.46. The molecule has 0 bridgehead atoms. The Morgan fingerprint density at radius 1 is 1.25 bits per heavy atom. The van der Waals surface area contributed by atoms with Crippen LogP contribution in [-0.4, -0.2) is 48.7 Å². The van der Waals surface area contributed by atoms with Crippen molar-refractivity contribution in [2.75, 3.05) is 34.0 Å². The van der Waals surface area contributed by atoms with E-state index < -0.39 is 0 Å². The largest absolute Gasteiger partial charge is 0.391 e. The van der Waals surface area contributed by atoms with Gasteiger partial charge in [0.2, 0.25) is 0 Å². The minimum absolute atomic E-state index is 0.0839. The molecule has 0 fully saturated rings. The van der Waals surface area contributed by atoms with Crippen LogP contribution in [0.3, 0.4) is 0 Å². The fourth-order valence-electron chi connectivity index (χ4n) is 0.341. The van der Waals surface area contributed by atoms with Gasteiger partial charge in [-0.25, -0.2) is 0 Å². The van der Waals surface area contributed by atoms with Crippen LogP contribution in [-0.2, 0) is 0 Å². The molecule has 0 amide bonds. The molecule has 0 aliphatic rings. The summed E-state index contributed by atoms with van der Waals surface area (Å²) < 4.78 is 0.469. The average Bonchev–Trinajstić information content (AvgIpc) is 1.67. The van der Waals surface area contributed by atoms with Crippen molar-refractivity contribution in [1.29, 1.82) is 0 Å². The highest BCUT2D eigenvalue weighted by Gasteiger charge is 2.09. The van der Waals surface area contributed by atoms with Crippen molar-refractivity contribution in [3.8, 4) is 0 Å². The van der Waals surface area contributed by atoms with E-state index in [2.05, 4.69) is 0 Å². The van der Waals surface area contributed by atoms with Gasteiger partial charge in [-0.3, -0.25) is 0 Å². The molecule has 0 aromatic carbocycles. The van der Waals surface area contributed by atoms with Crippen molar-refractivity contribution < 1.29 is 14.7 Å². The fourth-order valence-corrected chi connectivity index (χ4v) is 0.341. The van der Waals surface area contributed by atoms with E-state index >= 15 is 0 Å². The summed E-state index contributed by atoms with van der Waals surface area (Å²) in [5.74, 6) is 0. The topological polar surface area (TPSA) is 40.5 Å². The number of hydrogen-bond donors (Lipinski definition) is 2. The molecule has 0 aromatic rings. The third-order valence-electron chi connectivity index (χ3n) is 1.09. The fraction of sp³-hybridized carbons (Fsp3) is 1.00. The standard InChI is InChI=1S/C5H14NO2/c1-6(2,5-8)3-4-7/h7-8H,3-5H2,1-2H3/q+1. The normalized spacial score (nSPS) is 12.0. The van der Waals surface area contributed by atoms with E-state index in [0.717, 1.165) is 0 Å². The van der Waals surface area contributed by atoms with Gasteiger partial charge in [0.15, 0.2) is 6.73 Å². The van der Waals surface area contributed by atoms with E-state index in [0.29, 0.717) is 11.0 Å². The average molecular weight is 120 g/mol. The Balaban J connectivity index is 3.37. The predicted octanol–water partition coefficient (Wildman–Crippen LogP) is -0.995. The Morgan fingerprint density at radius 2 is 1.75 bits per heavy atom. The van der Waals surface area contributed by atoms with Gasteiger partial charge in [0, 0.05) is 0 Å². The molecule has 0 atom stereocenters. The molecule has 0 radical (unpaired) electrons. The van der Waals surface area contributed by atoms with Crippen LogP contribution in [0.4, 0.5) is 0 Å². The zero-order chi connectivity index (χ0) is 6.62. The Bertz CT molecular complexity index is 63.4. The summed E-state index contributed by atoms with van der Waals surface area (Å²) in [5.41, 5.74) is 0. The van der Waals surface area contributed by atoms with Crippen LogP contribution in [0.15, 0.2) is 0 Å². The van der Waals surface area contributed by atoms with Gasteiger partial charge >= 0.3 is 0 Å². The Morgan fingerprint density at radius 3 is 1.88 bits per heavy atom. The molecular formula is C5H14NO2+. The monoisotopic (exact) mass is 120 g/mol. The molecule has 0 aliphatic heterocycles. The molecule has 2 N–H and O–H groups in total. The van der Waals surface area contributed by atoms with Crippen LogP contribution in [0.5, 0.6) is 0 Å². The van der Waals surface area contributed by atoms with Crippen molar-refractivity contribution in [2.24, 2.45) is 0 Å². The zero-order valence-corrected chi connectivity index (χ0v) is 5.46. The number of quaternary nitrogens is 1. The van der Waals surface area contributed by atoms with Crippen molar-refractivity contribution in [1.82, 2.24) is 0 Å². The highest BCUT2D eigenvalue weighted by Crippen LogP contribution is 1.90. The summed E-state index contributed by atoms with van der Waals surface area (Å²) in [4.78, 5) is 0. The van der Waals surface area contributed by atoms with E-state index in [1.807, 2.05) is 14.1 Å². The third kappa shape index (κ3) is 2.96. The third-order valence-corrected chi connectivity index (χ3v) is 1.09. The molecule has 0 unspecified atom stereocenters. The molecule has 3 heteroatoms. The lowest BCUT2D eigenvalue weighted by Gasteiger charge is -2.25. The first-order valence-corrected chi connectivity index (χ1v) is 2.66. The smallest absolute Gasteiger partial charge is 0.179 e. The summed E-state index contributed by atoms with van der Waals surface area (Å²) >= 11 is 0. The molecular weight excluding hydrogens is 106 g/mol. The molecule has 0 saturated heterocycles. The first-order valence-electron chi connectivity index (χ1n) is 2.66. The Labute approximate surface area is 49.8 Å². The molecule has 8 heavy (non-hydrogen) atoms. The highest BCUT2D eigenvalue weighted by atomic mass is 16.3. The minimum atomic E-state index is 0.0839. The highest BCUT2D eigenvalue weighted by molar-refractivity contribution is 4.21. The van der Waals surface area contributed by atoms with Gasteiger partial charge in [-0.2, -0.15) is 0 Å². The molecule has 0 aromatic heterocycles. The number of likely N-dealkylation sites (N-methyl/N-ethyl adjacent to an activating group) is 1. The number of hydrogen-bond acceptors (Lipinski definition) is 2. The Kier molecular flexibility index (Phi) is 2.97. The molecule has 0 spiro atoms. The maximum absolute atomic E-state index is 8.59. The number of rotatable bonds is 3. The number of aliphatic hydroxyl groups excluding tert-OH is 2. The first-order chi connectivity index (χ1) is 3.62. The van der Waals surface area contributed by atoms with Crippen LogP contribution < -0.4 is 0 Å². The summed E-state index contributed by atoms with van der Waals surface area (Å²) in [7, 11) is 3.71. The van der Waals surface area contributed by atoms with Crippen LogP contribution in [0.1, 0.15) is 0 Å². The second-order valence-corrected chi connectivity index (χ2v) is 2.52. The van der Waals surface area contributed by atoms with E-state index in [9.17, 15) is 0 Å². The maximum atomic E-state index is 8.59. The van der Waals surface area contributed by atoms with Crippen LogP contribution in [0, 0.1) is 0 Å². The van der Waals surface area contributed by atoms with E-state index in [4.69, 9.17) is 10.2 Å². The lowest BCUT2D eigenvalue weighted by molar-refractivity contribution is -0.909. The van der Waals surface area contributed by atoms with Crippen LogP contribution >= 0.6 is 0 Å². The van der Waals surface area contributed by atoms with Crippen molar-refractivity contribution in [3.63, 3.8) is 0 Å². The van der Waals surface area contributed by atoms with Gasteiger partial charge in [0.1, 0.15) is 6.54 Å². The van der Waals surface area contributed by atoms with Gasteiger partial charge in [0.25, 0.3) is 0 Å². The quantitative estimate of drug-likeness (QED) is 0.370. The van der Waals surface area contributed by atoms with Gasteiger partial charge in [0.05, 0.1) is 20.7 Å². The lowest BCUT2D eigenvalue weighted by atomic mass is 10.5.